The molecule has 0 aliphatic heterocycles. The quantitative estimate of drug-likeness (QED) is 0.431. The first-order valence-electron chi connectivity index (χ1n) is 8.87. The van der Waals surface area contributed by atoms with Gasteiger partial charge in [-0.3, -0.25) is 0 Å². The number of carbonyl (C=O) groups is 1. The summed E-state index contributed by atoms with van der Waals surface area (Å²) in [6.45, 7) is 0. The Balaban J connectivity index is 1.53. The molecule has 28 heavy (non-hydrogen) atoms. The molecular weight excluding hydrogens is 356 g/mol. The van der Waals surface area contributed by atoms with Crippen LogP contribution < -0.4 is 5.32 Å². The molecule has 0 aliphatic rings. The van der Waals surface area contributed by atoms with Gasteiger partial charge in [0.05, 0.1) is 0 Å². The van der Waals surface area contributed by atoms with Crippen LogP contribution in [0.5, 0.6) is 0 Å². The van der Waals surface area contributed by atoms with E-state index in [1.54, 1.807) is 0 Å². The van der Waals surface area contributed by atoms with Crippen LogP contribution in [0.15, 0.2) is 65.5 Å². The average molecular weight is 372 g/mol. The van der Waals surface area contributed by atoms with E-state index in [1.165, 1.54) is 6.33 Å². The first-order valence-corrected chi connectivity index (χ1v) is 8.87. The van der Waals surface area contributed by atoms with Crippen molar-refractivity contribution >= 4 is 44.8 Å². The summed E-state index contributed by atoms with van der Waals surface area (Å²) in [5.41, 5.74) is 3.69. The number of hydrogen-bond donors (Lipinski definition) is 3. The standard InChI is InChI=1S/C21H16N4O3/c26-21(27)16(9-12-10-22-15-7-3-1-5-13(12)15)25-20-19-18(23-11-24-20)14-6-2-4-8-17(14)28-19/h1-8,10-11,16,22H,9H2,(H,26,27)(H,23,24,25)/t16-/m1/s1. The molecule has 7 nitrogen and oxygen atoms in total. The molecule has 0 spiro atoms. The van der Waals surface area contributed by atoms with Crippen molar-refractivity contribution in [3.8, 4) is 0 Å². The molecule has 138 valence electrons. The molecule has 0 saturated carbocycles. The second-order valence-electron chi connectivity index (χ2n) is 6.60. The van der Waals surface area contributed by atoms with E-state index in [9.17, 15) is 9.90 Å². The summed E-state index contributed by atoms with van der Waals surface area (Å²) in [7, 11) is 0. The third kappa shape index (κ3) is 2.64. The molecule has 3 N–H and O–H groups in total. The topological polar surface area (TPSA) is 104 Å². The highest BCUT2D eigenvalue weighted by Gasteiger charge is 2.22. The Kier molecular flexibility index (Phi) is 3.72. The predicted octanol–water partition coefficient (Wildman–Crippen LogP) is 3.97. The van der Waals surface area contributed by atoms with Crippen molar-refractivity contribution < 1.29 is 14.3 Å². The van der Waals surface area contributed by atoms with Crippen LogP contribution in [0.3, 0.4) is 0 Å². The van der Waals surface area contributed by atoms with Crippen molar-refractivity contribution in [2.45, 2.75) is 12.5 Å². The molecule has 3 heterocycles. The number of rotatable bonds is 5. The van der Waals surface area contributed by atoms with Gasteiger partial charge in [-0.25, -0.2) is 14.8 Å². The Hall–Kier alpha value is -3.87. The van der Waals surface area contributed by atoms with Crippen LogP contribution in [0.2, 0.25) is 0 Å². The lowest BCUT2D eigenvalue weighted by Crippen LogP contribution is -2.31. The molecule has 2 aromatic carbocycles. The highest BCUT2D eigenvalue weighted by Crippen LogP contribution is 2.31. The van der Waals surface area contributed by atoms with Gasteiger partial charge in [-0.05, 0) is 23.8 Å². The van der Waals surface area contributed by atoms with E-state index in [4.69, 9.17) is 4.42 Å². The normalized spacial score (nSPS) is 12.6. The molecule has 0 radical (unpaired) electrons. The SMILES string of the molecule is O=C(O)[C@@H](Cc1c[nH]c2ccccc12)Nc1ncnc2c1oc1ccccc12. The zero-order chi connectivity index (χ0) is 19.1. The number of benzene rings is 2. The van der Waals surface area contributed by atoms with Crippen LogP contribution in [0.4, 0.5) is 5.82 Å². The van der Waals surface area contributed by atoms with Gasteiger partial charge in [0.1, 0.15) is 23.5 Å². The molecule has 1 atom stereocenters. The smallest absolute Gasteiger partial charge is 0.326 e. The largest absolute Gasteiger partial charge is 0.480 e. The number of fused-ring (bicyclic) bond motifs is 4. The second kappa shape index (κ2) is 6.38. The van der Waals surface area contributed by atoms with Crippen molar-refractivity contribution in [1.82, 2.24) is 15.0 Å². The van der Waals surface area contributed by atoms with Gasteiger partial charge in [0.15, 0.2) is 11.4 Å². The van der Waals surface area contributed by atoms with E-state index < -0.39 is 12.0 Å². The molecule has 0 aliphatic carbocycles. The van der Waals surface area contributed by atoms with Crippen LogP contribution in [0.1, 0.15) is 5.56 Å². The van der Waals surface area contributed by atoms with Gasteiger partial charge in [-0.1, -0.05) is 30.3 Å². The Bertz CT molecular complexity index is 1320. The Morgan fingerprint density at radius 1 is 1.11 bits per heavy atom. The summed E-state index contributed by atoms with van der Waals surface area (Å²) in [4.78, 5) is 23.6. The van der Waals surface area contributed by atoms with Crippen LogP contribution >= 0.6 is 0 Å². The molecule has 5 aromatic rings. The molecule has 0 bridgehead atoms. The minimum Gasteiger partial charge on any atom is -0.480 e. The molecule has 0 unspecified atom stereocenters. The number of furan rings is 1. The van der Waals surface area contributed by atoms with Gasteiger partial charge in [-0.2, -0.15) is 0 Å². The lowest BCUT2D eigenvalue weighted by atomic mass is 10.0. The maximum atomic E-state index is 11.9. The van der Waals surface area contributed by atoms with Gasteiger partial charge in [0.2, 0.25) is 0 Å². The molecule has 7 heteroatoms. The van der Waals surface area contributed by atoms with Crippen LogP contribution in [0, 0.1) is 0 Å². The maximum Gasteiger partial charge on any atom is 0.326 e. The third-order valence-corrected chi connectivity index (χ3v) is 4.87. The van der Waals surface area contributed by atoms with Crippen molar-refractivity contribution in [2.75, 3.05) is 5.32 Å². The zero-order valence-electron chi connectivity index (χ0n) is 14.7. The summed E-state index contributed by atoms with van der Waals surface area (Å²) in [5, 5.41) is 14.7. The Labute approximate surface area is 159 Å². The van der Waals surface area contributed by atoms with Gasteiger partial charge < -0.3 is 19.8 Å². The molecule has 5 rings (SSSR count). The van der Waals surface area contributed by atoms with Crippen molar-refractivity contribution in [1.29, 1.82) is 0 Å². The molecule has 0 fully saturated rings. The average Bonchev–Trinajstić information content (AvgIpc) is 3.29. The fraction of sp³-hybridized carbons (Fsp3) is 0.0952. The number of hydrogen-bond acceptors (Lipinski definition) is 5. The first kappa shape index (κ1) is 16.3. The Morgan fingerprint density at radius 3 is 2.75 bits per heavy atom. The molecule has 0 amide bonds. The lowest BCUT2D eigenvalue weighted by Gasteiger charge is -2.14. The number of para-hydroxylation sites is 2. The number of aliphatic carboxylic acids is 1. The number of carboxylic acid groups (broad SMARTS) is 1. The molecular formula is C21H16N4O3. The maximum absolute atomic E-state index is 11.9. The van der Waals surface area contributed by atoms with E-state index in [-0.39, 0.29) is 0 Å². The van der Waals surface area contributed by atoms with E-state index in [2.05, 4.69) is 20.3 Å². The minimum atomic E-state index is -0.965. The van der Waals surface area contributed by atoms with Gasteiger partial charge in [0.25, 0.3) is 0 Å². The van der Waals surface area contributed by atoms with Crippen molar-refractivity contribution in [2.24, 2.45) is 0 Å². The number of anilines is 1. The summed E-state index contributed by atoms with van der Waals surface area (Å²) in [6, 6.07) is 14.5. The van der Waals surface area contributed by atoms with E-state index in [1.807, 2.05) is 54.7 Å². The van der Waals surface area contributed by atoms with Gasteiger partial charge in [0, 0.05) is 28.9 Å². The summed E-state index contributed by atoms with van der Waals surface area (Å²) in [6.07, 6.45) is 3.56. The van der Waals surface area contributed by atoms with Crippen molar-refractivity contribution in [3.63, 3.8) is 0 Å². The van der Waals surface area contributed by atoms with Crippen LogP contribution in [-0.2, 0) is 11.2 Å². The number of aromatic amines is 1. The Morgan fingerprint density at radius 2 is 1.89 bits per heavy atom. The fourth-order valence-electron chi connectivity index (χ4n) is 3.51. The van der Waals surface area contributed by atoms with E-state index in [0.717, 1.165) is 21.9 Å². The summed E-state index contributed by atoms with van der Waals surface area (Å²) in [5.74, 6) is -0.596. The molecule has 3 aromatic heterocycles. The summed E-state index contributed by atoms with van der Waals surface area (Å²) >= 11 is 0. The number of nitrogens with zero attached hydrogens (tertiary/aromatic N) is 2. The summed E-state index contributed by atoms with van der Waals surface area (Å²) < 4.78 is 5.88. The number of aromatic nitrogens is 3. The van der Waals surface area contributed by atoms with E-state index >= 15 is 0 Å². The highest BCUT2D eigenvalue weighted by atomic mass is 16.4. The van der Waals surface area contributed by atoms with Gasteiger partial charge in [-0.15, -0.1) is 0 Å². The van der Waals surface area contributed by atoms with Gasteiger partial charge >= 0.3 is 5.97 Å². The van der Waals surface area contributed by atoms with Crippen molar-refractivity contribution in [3.05, 3.63) is 66.6 Å². The second-order valence-corrected chi connectivity index (χ2v) is 6.60. The van der Waals surface area contributed by atoms with Crippen LogP contribution in [0.25, 0.3) is 33.0 Å². The monoisotopic (exact) mass is 372 g/mol. The number of H-pyrrole nitrogens is 1. The lowest BCUT2D eigenvalue weighted by molar-refractivity contribution is -0.137. The fourth-order valence-corrected chi connectivity index (χ4v) is 3.51. The predicted molar refractivity (Wildman–Crippen MR) is 106 cm³/mol. The minimum absolute atomic E-state index is 0.297. The molecule has 0 saturated heterocycles. The number of carboxylic acids is 1. The first-order chi connectivity index (χ1) is 13.7. The highest BCUT2D eigenvalue weighted by molar-refractivity contribution is 6.05. The zero-order valence-corrected chi connectivity index (χ0v) is 14.7. The van der Waals surface area contributed by atoms with E-state index in [0.29, 0.717) is 28.9 Å². The van der Waals surface area contributed by atoms with Crippen LogP contribution in [-0.4, -0.2) is 32.1 Å². The number of nitrogens with one attached hydrogen (secondary N) is 2. The third-order valence-electron chi connectivity index (χ3n) is 4.87.